The van der Waals surface area contributed by atoms with Crippen LogP contribution in [0.15, 0.2) is 17.1 Å². The molecule has 0 saturated heterocycles. The minimum absolute atomic E-state index is 0.424. The van der Waals surface area contributed by atoms with Crippen LogP contribution in [0.4, 0.5) is 5.69 Å². The average molecular weight is 202 g/mol. The van der Waals surface area contributed by atoms with E-state index in [1.165, 1.54) is 6.08 Å². The molecule has 0 aromatic heterocycles. The molecule has 12 heavy (non-hydrogen) atoms. The summed E-state index contributed by atoms with van der Waals surface area (Å²) in [5.41, 5.74) is 1.19. The van der Waals surface area contributed by atoms with Gasteiger partial charge in [-0.2, -0.15) is 4.99 Å². The maximum absolute atomic E-state index is 9.95. The molecule has 1 rings (SSSR count). The number of aliphatic imine (C=N–C) groups is 1. The van der Waals surface area contributed by atoms with Crippen molar-refractivity contribution >= 4 is 35.0 Å². The molecule has 0 N–H and O–H groups in total. The molecule has 0 saturated carbocycles. The molecule has 2 nitrogen and oxygen atoms in total. The summed E-state index contributed by atoms with van der Waals surface area (Å²) in [4.78, 5) is 13.4. The predicted octanol–water partition coefficient (Wildman–Crippen LogP) is 3.27. The van der Waals surface area contributed by atoms with Gasteiger partial charge >= 0.3 is 0 Å². The fourth-order valence-corrected chi connectivity index (χ4v) is 1.18. The molecule has 1 aromatic carbocycles. The van der Waals surface area contributed by atoms with E-state index >= 15 is 0 Å². The van der Waals surface area contributed by atoms with E-state index in [4.69, 9.17) is 23.2 Å². The maximum atomic E-state index is 9.95. The summed E-state index contributed by atoms with van der Waals surface area (Å²) in [5.74, 6) is 0. The van der Waals surface area contributed by atoms with E-state index in [-0.39, 0.29) is 0 Å². The van der Waals surface area contributed by atoms with Gasteiger partial charge in [0.05, 0.1) is 15.7 Å². The summed E-state index contributed by atoms with van der Waals surface area (Å²) in [6.45, 7) is 1.74. The van der Waals surface area contributed by atoms with Crippen LogP contribution in [0.3, 0.4) is 0 Å². The Hall–Kier alpha value is -0.820. The predicted molar refractivity (Wildman–Crippen MR) is 49.0 cm³/mol. The van der Waals surface area contributed by atoms with Crippen LogP contribution in [0.5, 0.6) is 0 Å². The number of benzene rings is 1. The zero-order valence-corrected chi connectivity index (χ0v) is 7.78. The highest BCUT2D eigenvalue weighted by molar-refractivity contribution is 6.42. The molecule has 0 bridgehead atoms. The van der Waals surface area contributed by atoms with Gasteiger partial charge in [0.1, 0.15) is 0 Å². The van der Waals surface area contributed by atoms with Crippen LogP contribution in [0, 0.1) is 6.92 Å². The summed E-state index contributed by atoms with van der Waals surface area (Å²) in [6.07, 6.45) is 1.44. The summed E-state index contributed by atoms with van der Waals surface area (Å²) >= 11 is 11.5. The van der Waals surface area contributed by atoms with Crippen molar-refractivity contribution in [2.45, 2.75) is 6.92 Å². The van der Waals surface area contributed by atoms with Crippen molar-refractivity contribution < 1.29 is 4.79 Å². The second-order valence-electron chi connectivity index (χ2n) is 2.21. The van der Waals surface area contributed by atoms with Gasteiger partial charge in [0.2, 0.25) is 6.08 Å². The molecule has 0 fully saturated rings. The molecule has 0 amide bonds. The Morgan fingerprint density at radius 1 is 1.42 bits per heavy atom. The highest BCUT2D eigenvalue weighted by atomic mass is 35.5. The van der Waals surface area contributed by atoms with Crippen molar-refractivity contribution in [1.29, 1.82) is 0 Å². The number of hydrogen-bond donors (Lipinski definition) is 0. The van der Waals surface area contributed by atoms with E-state index in [1.54, 1.807) is 19.1 Å². The molecule has 0 aliphatic heterocycles. The van der Waals surface area contributed by atoms with Gasteiger partial charge in [-0.15, -0.1) is 0 Å². The largest absolute Gasteiger partial charge is 0.240 e. The third-order valence-corrected chi connectivity index (χ3v) is 2.38. The average Bonchev–Trinajstić information content (AvgIpc) is 2.07. The molecule has 0 atom stereocenters. The smallest absolute Gasteiger partial charge is 0.211 e. The summed E-state index contributed by atoms with van der Waals surface area (Å²) in [6, 6.07) is 3.21. The lowest BCUT2D eigenvalue weighted by Gasteiger charge is -2.01. The van der Waals surface area contributed by atoms with E-state index in [0.29, 0.717) is 21.3 Å². The van der Waals surface area contributed by atoms with Gasteiger partial charge in [0.15, 0.2) is 0 Å². The normalized spacial score (nSPS) is 9.25. The van der Waals surface area contributed by atoms with Gasteiger partial charge in [-0.25, -0.2) is 4.79 Å². The Morgan fingerprint density at radius 2 is 2.08 bits per heavy atom. The van der Waals surface area contributed by atoms with Crippen molar-refractivity contribution in [3.05, 3.63) is 27.7 Å². The number of rotatable bonds is 1. The van der Waals surface area contributed by atoms with Crippen molar-refractivity contribution in [3.63, 3.8) is 0 Å². The minimum Gasteiger partial charge on any atom is -0.211 e. The zero-order chi connectivity index (χ0) is 9.14. The van der Waals surface area contributed by atoms with Crippen LogP contribution < -0.4 is 0 Å². The Bertz CT molecular complexity index is 356. The molecule has 0 radical (unpaired) electrons. The third kappa shape index (κ3) is 1.67. The molecular weight excluding hydrogens is 197 g/mol. The van der Waals surface area contributed by atoms with E-state index in [9.17, 15) is 4.79 Å². The van der Waals surface area contributed by atoms with Crippen LogP contribution in [-0.2, 0) is 4.79 Å². The first-order valence-electron chi connectivity index (χ1n) is 3.19. The number of hydrogen-bond acceptors (Lipinski definition) is 2. The minimum atomic E-state index is 0.424. The summed E-state index contributed by atoms with van der Waals surface area (Å²) < 4.78 is 0. The molecule has 4 heteroatoms. The standard InChI is InChI=1S/C8H5Cl2NO/c1-5-7(11-4-12)3-2-6(9)8(5)10/h2-3H,1H3. The van der Waals surface area contributed by atoms with Crippen LogP contribution in [-0.4, -0.2) is 6.08 Å². The SMILES string of the molecule is Cc1c(N=C=O)ccc(Cl)c1Cl. The lowest BCUT2D eigenvalue weighted by atomic mass is 10.2. The first-order chi connectivity index (χ1) is 5.66. The van der Waals surface area contributed by atoms with Crippen LogP contribution >= 0.6 is 23.2 Å². The lowest BCUT2D eigenvalue weighted by molar-refractivity contribution is 0.565. The van der Waals surface area contributed by atoms with Gasteiger partial charge in [-0.1, -0.05) is 23.2 Å². The fraction of sp³-hybridized carbons (Fsp3) is 0.125. The summed E-state index contributed by atoms with van der Waals surface area (Å²) in [5, 5.41) is 0.882. The maximum Gasteiger partial charge on any atom is 0.240 e. The number of nitrogens with zero attached hydrogens (tertiary/aromatic N) is 1. The molecule has 0 unspecified atom stereocenters. The fourth-order valence-electron chi connectivity index (χ4n) is 0.812. The quantitative estimate of drug-likeness (QED) is 0.507. The second kappa shape index (κ2) is 3.72. The molecular formula is C8H5Cl2NO. The molecule has 1 aromatic rings. The van der Waals surface area contributed by atoms with Crippen molar-refractivity contribution in [2.24, 2.45) is 4.99 Å². The van der Waals surface area contributed by atoms with Crippen LogP contribution in [0.2, 0.25) is 10.0 Å². The second-order valence-corrected chi connectivity index (χ2v) is 2.99. The van der Waals surface area contributed by atoms with E-state index < -0.39 is 0 Å². The summed E-state index contributed by atoms with van der Waals surface area (Å²) in [7, 11) is 0. The molecule has 62 valence electrons. The number of isocyanates is 1. The van der Waals surface area contributed by atoms with Gasteiger partial charge in [0.25, 0.3) is 0 Å². The van der Waals surface area contributed by atoms with Crippen molar-refractivity contribution in [1.82, 2.24) is 0 Å². The Kier molecular flexibility index (Phi) is 2.88. The van der Waals surface area contributed by atoms with Gasteiger partial charge < -0.3 is 0 Å². The monoisotopic (exact) mass is 201 g/mol. The van der Waals surface area contributed by atoms with Crippen molar-refractivity contribution in [3.8, 4) is 0 Å². The topological polar surface area (TPSA) is 29.4 Å². The van der Waals surface area contributed by atoms with E-state index in [1.807, 2.05) is 0 Å². The van der Waals surface area contributed by atoms with E-state index in [2.05, 4.69) is 4.99 Å². The number of halogens is 2. The lowest BCUT2D eigenvalue weighted by Crippen LogP contribution is -1.77. The molecule has 0 aliphatic carbocycles. The highest BCUT2D eigenvalue weighted by Crippen LogP contribution is 2.31. The van der Waals surface area contributed by atoms with Crippen molar-refractivity contribution in [2.75, 3.05) is 0 Å². The Balaban J connectivity index is 3.35. The van der Waals surface area contributed by atoms with Gasteiger partial charge in [0, 0.05) is 0 Å². The first-order valence-corrected chi connectivity index (χ1v) is 3.95. The van der Waals surface area contributed by atoms with Crippen LogP contribution in [0.1, 0.15) is 5.56 Å². The Labute approximate surface area is 79.8 Å². The zero-order valence-electron chi connectivity index (χ0n) is 6.27. The molecule has 0 aliphatic rings. The molecule has 0 spiro atoms. The molecule has 0 heterocycles. The highest BCUT2D eigenvalue weighted by Gasteiger charge is 2.04. The number of carbonyl (C=O) groups excluding carboxylic acids is 1. The third-order valence-electron chi connectivity index (χ3n) is 1.48. The Morgan fingerprint density at radius 3 is 2.67 bits per heavy atom. The first kappa shape index (κ1) is 9.27. The van der Waals surface area contributed by atoms with E-state index in [0.717, 1.165) is 0 Å². The van der Waals surface area contributed by atoms with Gasteiger partial charge in [-0.3, -0.25) is 0 Å². The van der Waals surface area contributed by atoms with Crippen LogP contribution in [0.25, 0.3) is 0 Å². The van der Waals surface area contributed by atoms with Gasteiger partial charge in [-0.05, 0) is 24.6 Å².